The van der Waals surface area contributed by atoms with Gasteiger partial charge in [0.1, 0.15) is 5.69 Å². The van der Waals surface area contributed by atoms with Crippen molar-refractivity contribution in [1.29, 1.82) is 0 Å². The van der Waals surface area contributed by atoms with Gasteiger partial charge in [-0.2, -0.15) is 5.10 Å². The van der Waals surface area contributed by atoms with E-state index in [1.165, 1.54) is 0 Å². The second-order valence-corrected chi connectivity index (χ2v) is 5.27. The van der Waals surface area contributed by atoms with Crippen LogP contribution in [0.5, 0.6) is 0 Å². The minimum absolute atomic E-state index is 0.438. The Balaban J connectivity index is 2.00. The van der Waals surface area contributed by atoms with Gasteiger partial charge in [-0.05, 0) is 29.8 Å². The Morgan fingerprint density at radius 3 is 2.58 bits per heavy atom. The van der Waals surface area contributed by atoms with E-state index in [0.29, 0.717) is 5.15 Å². The average Bonchev–Trinajstić information content (AvgIpc) is 2.89. The van der Waals surface area contributed by atoms with E-state index in [2.05, 4.69) is 26.0 Å². The standard InChI is InChI=1S/C14H9BrClN3/c15-12-5-3-10(4-6-12)11-8-18-19(9-11)13-2-1-7-17-14(13)16/h1-9H. The normalized spacial score (nSPS) is 10.6. The molecule has 0 bridgehead atoms. The highest BCUT2D eigenvalue weighted by Gasteiger charge is 2.06. The number of halogens is 2. The Hall–Kier alpha value is -1.65. The van der Waals surface area contributed by atoms with Crippen LogP contribution in [-0.2, 0) is 0 Å². The largest absolute Gasteiger partial charge is 0.242 e. The Morgan fingerprint density at radius 1 is 1.05 bits per heavy atom. The number of hydrogen-bond acceptors (Lipinski definition) is 2. The molecule has 0 aliphatic carbocycles. The topological polar surface area (TPSA) is 30.7 Å². The van der Waals surface area contributed by atoms with Gasteiger partial charge in [0, 0.05) is 22.4 Å². The minimum atomic E-state index is 0.438. The highest BCUT2D eigenvalue weighted by atomic mass is 79.9. The molecule has 0 unspecified atom stereocenters. The van der Waals surface area contributed by atoms with E-state index in [4.69, 9.17) is 11.6 Å². The molecule has 19 heavy (non-hydrogen) atoms. The maximum atomic E-state index is 6.06. The van der Waals surface area contributed by atoms with E-state index in [9.17, 15) is 0 Å². The lowest BCUT2D eigenvalue weighted by Crippen LogP contribution is -1.95. The Morgan fingerprint density at radius 2 is 1.84 bits per heavy atom. The molecule has 5 heteroatoms. The highest BCUT2D eigenvalue weighted by molar-refractivity contribution is 9.10. The zero-order valence-electron chi connectivity index (χ0n) is 9.79. The van der Waals surface area contributed by atoms with Crippen molar-refractivity contribution in [3.05, 3.63) is 64.6 Å². The van der Waals surface area contributed by atoms with Crippen molar-refractivity contribution in [2.75, 3.05) is 0 Å². The monoisotopic (exact) mass is 333 g/mol. The Bertz CT molecular complexity index is 707. The van der Waals surface area contributed by atoms with E-state index >= 15 is 0 Å². The molecular weight excluding hydrogens is 326 g/mol. The maximum Gasteiger partial charge on any atom is 0.154 e. The molecule has 0 atom stereocenters. The fourth-order valence-corrected chi connectivity index (χ4v) is 2.26. The molecule has 0 fully saturated rings. The van der Waals surface area contributed by atoms with Crippen LogP contribution >= 0.6 is 27.5 Å². The predicted octanol–water partition coefficient (Wildman–Crippen LogP) is 4.35. The summed E-state index contributed by atoms with van der Waals surface area (Å²) in [4.78, 5) is 4.05. The van der Waals surface area contributed by atoms with Crippen LogP contribution < -0.4 is 0 Å². The summed E-state index contributed by atoms with van der Waals surface area (Å²) >= 11 is 9.48. The van der Waals surface area contributed by atoms with Crippen molar-refractivity contribution < 1.29 is 0 Å². The molecule has 3 nitrogen and oxygen atoms in total. The molecule has 0 aliphatic heterocycles. The second-order valence-electron chi connectivity index (χ2n) is 3.99. The molecule has 3 rings (SSSR count). The van der Waals surface area contributed by atoms with Gasteiger partial charge in [0.2, 0.25) is 0 Å². The van der Waals surface area contributed by atoms with Gasteiger partial charge in [-0.1, -0.05) is 39.7 Å². The molecule has 2 aromatic heterocycles. The highest BCUT2D eigenvalue weighted by Crippen LogP contribution is 2.23. The van der Waals surface area contributed by atoms with Crippen molar-refractivity contribution in [1.82, 2.24) is 14.8 Å². The van der Waals surface area contributed by atoms with E-state index in [0.717, 1.165) is 21.3 Å². The lowest BCUT2D eigenvalue weighted by molar-refractivity contribution is 0.874. The molecule has 2 heterocycles. The van der Waals surface area contributed by atoms with Gasteiger partial charge in [0.15, 0.2) is 5.15 Å². The van der Waals surface area contributed by atoms with Crippen molar-refractivity contribution in [3.63, 3.8) is 0 Å². The Labute approximate surface area is 124 Å². The predicted molar refractivity (Wildman–Crippen MR) is 79.5 cm³/mol. The molecule has 0 radical (unpaired) electrons. The fourth-order valence-electron chi connectivity index (χ4n) is 1.79. The first-order chi connectivity index (χ1) is 9.24. The van der Waals surface area contributed by atoms with Crippen LogP contribution in [0.15, 0.2) is 59.5 Å². The van der Waals surface area contributed by atoms with Gasteiger partial charge in [-0.3, -0.25) is 0 Å². The number of pyridine rings is 1. The van der Waals surface area contributed by atoms with Crippen LogP contribution in [0, 0.1) is 0 Å². The summed E-state index contributed by atoms with van der Waals surface area (Å²) in [7, 11) is 0. The van der Waals surface area contributed by atoms with Crippen molar-refractivity contribution >= 4 is 27.5 Å². The van der Waals surface area contributed by atoms with Crippen LogP contribution in [0.2, 0.25) is 5.15 Å². The van der Waals surface area contributed by atoms with Gasteiger partial charge < -0.3 is 0 Å². The van der Waals surface area contributed by atoms with Crippen molar-refractivity contribution in [3.8, 4) is 16.8 Å². The van der Waals surface area contributed by atoms with Crippen LogP contribution in [0.3, 0.4) is 0 Å². The van der Waals surface area contributed by atoms with Crippen molar-refractivity contribution in [2.45, 2.75) is 0 Å². The number of aromatic nitrogens is 3. The minimum Gasteiger partial charge on any atom is -0.242 e. The quantitative estimate of drug-likeness (QED) is 0.652. The number of rotatable bonds is 2. The summed E-state index contributed by atoms with van der Waals surface area (Å²) < 4.78 is 2.78. The smallest absolute Gasteiger partial charge is 0.154 e. The molecule has 3 aromatic rings. The summed E-state index contributed by atoms with van der Waals surface area (Å²) in [5.74, 6) is 0. The average molecular weight is 335 g/mol. The lowest BCUT2D eigenvalue weighted by Gasteiger charge is -2.02. The van der Waals surface area contributed by atoms with Gasteiger partial charge in [-0.25, -0.2) is 9.67 Å². The molecule has 0 saturated heterocycles. The van der Waals surface area contributed by atoms with E-state index in [-0.39, 0.29) is 0 Å². The molecule has 0 aliphatic rings. The first kappa shape index (κ1) is 12.4. The third-order valence-corrected chi connectivity index (χ3v) is 3.57. The third kappa shape index (κ3) is 2.55. The van der Waals surface area contributed by atoms with E-state index < -0.39 is 0 Å². The van der Waals surface area contributed by atoms with Crippen LogP contribution in [0.25, 0.3) is 16.8 Å². The zero-order chi connectivity index (χ0) is 13.2. The molecule has 0 spiro atoms. The van der Waals surface area contributed by atoms with Gasteiger partial charge >= 0.3 is 0 Å². The molecule has 0 N–H and O–H groups in total. The first-order valence-corrected chi connectivity index (χ1v) is 6.82. The summed E-state index contributed by atoms with van der Waals surface area (Å²) in [6, 6.07) is 11.8. The zero-order valence-corrected chi connectivity index (χ0v) is 12.1. The molecule has 0 saturated carbocycles. The molecular formula is C14H9BrClN3. The Kier molecular flexibility index (Phi) is 3.36. The third-order valence-electron chi connectivity index (χ3n) is 2.75. The summed E-state index contributed by atoms with van der Waals surface area (Å²) in [5, 5.41) is 4.76. The van der Waals surface area contributed by atoms with Crippen LogP contribution in [0.1, 0.15) is 0 Å². The number of nitrogens with zero attached hydrogens (tertiary/aromatic N) is 3. The van der Waals surface area contributed by atoms with Gasteiger partial charge in [-0.15, -0.1) is 0 Å². The van der Waals surface area contributed by atoms with Crippen molar-refractivity contribution in [2.24, 2.45) is 0 Å². The second kappa shape index (κ2) is 5.15. The summed E-state index contributed by atoms with van der Waals surface area (Å²) in [6.07, 6.45) is 5.41. The maximum absolute atomic E-state index is 6.06. The molecule has 1 aromatic carbocycles. The van der Waals surface area contributed by atoms with Gasteiger partial charge in [0.25, 0.3) is 0 Å². The SMILES string of the molecule is Clc1ncccc1-n1cc(-c2ccc(Br)cc2)cn1. The summed E-state index contributed by atoms with van der Waals surface area (Å²) in [6.45, 7) is 0. The summed E-state index contributed by atoms with van der Waals surface area (Å²) in [5.41, 5.74) is 2.91. The number of hydrogen-bond donors (Lipinski definition) is 0. The van der Waals surface area contributed by atoms with Crippen LogP contribution in [-0.4, -0.2) is 14.8 Å². The lowest BCUT2D eigenvalue weighted by atomic mass is 10.1. The van der Waals surface area contributed by atoms with E-state index in [1.54, 1.807) is 10.9 Å². The fraction of sp³-hybridized carbons (Fsp3) is 0. The molecule has 0 amide bonds. The first-order valence-electron chi connectivity index (χ1n) is 5.65. The molecule has 94 valence electrons. The number of benzene rings is 1. The van der Waals surface area contributed by atoms with Gasteiger partial charge in [0.05, 0.1) is 6.20 Å². The van der Waals surface area contributed by atoms with E-state index in [1.807, 2.05) is 48.8 Å². The van der Waals surface area contributed by atoms with Crippen LogP contribution in [0.4, 0.5) is 0 Å².